The molecule has 0 saturated carbocycles. The summed E-state index contributed by atoms with van der Waals surface area (Å²) >= 11 is 18.1. The molecule has 0 amide bonds. The maximum atomic E-state index is 11.2. The van der Waals surface area contributed by atoms with Crippen LogP contribution in [0.5, 0.6) is 0 Å². The Balaban J connectivity index is 2.82. The van der Waals surface area contributed by atoms with Crippen molar-refractivity contribution >= 4 is 40.8 Å². The van der Waals surface area contributed by atoms with Crippen LogP contribution in [0.2, 0.25) is 15.2 Å². The summed E-state index contributed by atoms with van der Waals surface area (Å²) in [5, 5.41) is 9.85. The summed E-state index contributed by atoms with van der Waals surface area (Å²) in [5.41, 5.74) is 0.601. The SMILES string of the molecule is O=C(O)c1ccnc(Cl)c1-c1c(Cl)cccc1Cl. The van der Waals surface area contributed by atoms with Gasteiger partial charge < -0.3 is 5.11 Å². The number of aromatic nitrogens is 1. The van der Waals surface area contributed by atoms with E-state index in [4.69, 9.17) is 39.9 Å². The van der Waals surface area contributed by atoms with E-state index in [1.54, 1.807) is 18.2 Å². The van der Waals surface area contributed by atoms with E-state index in [-0.39, 0.29) is 16.3 Å². The second-order valence-electron chi connectivity index (χ2n) is 3.43. The summed E-state index contributed by atoms with van der Waals surface area (Å²) in [6.07, 6.45) is 1.32. The summed E-state index contributed by atoms with van der Waals surface area (Å²) in [7, 11) is 0. The predicted octanol–water partition coefficient (Wildman–Crippen LogP) is 4.41. The van der Waals surface area contributed by atoms with Crippen molar-refractivity contribution in [3.63, 3.8) is 0 Å². The van der Waals surface area contributed by atoms with Crippen molar-refractivity contribution in [1.82, 2.24) is 4.98 Å². The van der Waals surface area contributed by atoms with Crippen molar-refractivity contribution in [2.45, 2.75) is 0 Å². The third-order valence-corrected chi connectivity index (χ3v) is 3.26. The molecule has 18 heavy (non-hydrogen) atoms. The van der Waals surface area contributed by atoms with Crippen molar-refractivity contribution < 1.29 is 9.90 Å². The van der Waals surface area contributed by atoms with Crippen LogP contribution in [0.3, 0.4) is 0 Å². The van der Waals surface area contributed by atoms with Crippen LogP contribution in [0.1, 0.15) is 10.4 Å². The molecule has 0 unspecified atom stereocenters. The molecule has 6 heteroatoms. The lowest BCUT2D eigenvalue weighted by Gasteiger charge is -2.11. The maximum absolute atomic E-state index is 11.2. The van der Waals surface area contributed by atoms with Crippen molar-refractivity contribution in [3.8, 4) is 11.1 Å². The molecule has 0 aliphatic heterocycles. The fraction of sp³-hybridized carbons (Fsp3) is 0. The van der Waals surface area contributed by atoms with Crippen molar-refractivity contribution in [3.05, 3.63) is 51.2 Å². The van der Waals surface area contributed by atoms with Crippen LogP contribution < -0.4 is 0 Å². The van der Waals surface area contributed by atoms with E-state index in [0.717, 1.165) is 0 Å². The Morgan fingerprint density at radius 2 is 1.67 bits per heavy atom. The fourth-order valence-corrected chi connectivity index (χ4v) is 2.43. The molecule has 1 heterocycles. The second-order valence-corrected chi connectivity index (χ2v) is 4.60. The van der Waals surface area contributed by atoms with Crippen LogP contribution in [0.15, 0.2) is 30.5 Å². The van der Waals surface area contributed by atoms with Gasteiger partial charge in [0.2, 0.25) is 0 Å². The Kier molecular flexibility index (Phi) is 3.76. The summed E-state index contributed by atoms with van der Waals surface area (Å²) in [4.78, 5) is 15.1. The standard InChI is InChI=1S/C12H6Cl3NO2/c13-7-2-1-3-8(14)10(7)9-6(12(17)18)4-5-16-11(9)15/h1-5H,(H,17,18). The van der Waals surface area contributed by atoms with Crippen molar-refractivity contribution in [1.29, 1.82) is 0 Å². The Labute approximate surface area is 118 Å². The highest BCUT2D eigenvalue weighted by Crippen LogP contribution is 2.39. The first-order valence-corrected chi connectivity index (χ1v) is 5.98. The Bertz CT molecular complexity index is 608. The topological polar surface area (TPSA) is 50.2 Å². The Hall–Kier alpha value is -1.29. The number of pyridine rings is 1. The van der Waals surface area contributed by atoms with Crippen LogP contribution in [0.25, 0.3) is 11.1 Å². The summed E-state index contributed by atoms with van der Waals surface area (Å²) in [6.45, 7) is 0. The Morgan fingerprint density at radius 1 is 1.06 bits per heavy atom. The van der Waals surface area contributed by atoms with Crippen molar-refractivity contribution in [2.24, 2.45) is 0 Å². The fourth-order valence-electron chi connectivity index (χ4n) is 1.59. The molecule has 0 atom stereocenters. The molecular weight excluding hydrogens is 296 g/mol. The largest absolute Gasteiger partial charge is 0.478 e. The quantitative estimate of drug-likeness (QED) is 0.836. The average Bonchev–Trinajstić information content (AvgIpc) is 2.30. The van der Waals surface area contributed by atoms with E-state index >= 15 is 0 Å². The number of carbonyl (C=O) groups is 1. The summed E-state index contributed by atoms with van der Waals surface area (Å²) in [6, 6.07) is 6.23. The molecule has 0 fully saturated rings. The third kappa shape index (κ3) is 2.29. The average molecular weight is 303 g/mol. The molecule has 0 aliphatic carbocycles. The Morgan fingerprint density at radius 3 is 2.22 bits per heavy atom. The highest BCUT2D eigenvalue weighted by Gasteiger charge is 2.20. The van der Waals surface area contributed by atoms with Gasteiger partial charge in [0.1, 0.15) is 5.15 Å². The highest BCUT2D eigenvalue weighted by molar-refractivity contribution is 6.41. The molecule has 2 rings (SSSR count). The van der Waals surface area contributed by atoms with Crippen LogP contribution >= 0.6 is 34.8 Å². The van der Waals surface area contributed by atoms with Gasteiger partial charge in [-0.15, -0.1) is 0 Å². The van der Waals surface area contributed by atoms with Gasteiger partial charge in [0.25, 0.3) is 0 Å². The molecule has 0 aliphatic rings. The minimum absolute atomic E-state index is 0.00463. The lowest BCUT2D eigenvalue weighted by Crippen LogP contribution is -2.01. The first kappa shape index (κ1) is 13.1. The number of carboxylic acids is 1. The lowest BCUT2D eigenvalue weighted by atomic mass is 10.0. The molecule has 1 aromatic carbocycles. The first-order chi connectivity index (χ1) is 8.52. The second kappa shape index (κ2) is 5.14. The number of carboxylic acid groups (broad SMARTS) is 1. The van der Waals surface area contributed by atoms with Gasteiger partial charge in [-0.3, -0.25) is 0 Å². The van der Waals surface area contributed by atoms with Gasteiger partial charge in [-0.2, -0.15) is 0 Å². The maximum Gasteiger partial charge on any atom is 0.336 e. The first-order valence-electron chi connectivity index (χ1n) is 4.84. The highest BCUT2D eigenvalue weighted by atomic mass is 35.5. The van der Waals surface area contributed by atoms with E-state index in [0.29, 0.717) is 15.6 Å². The van der Waals surface area contributed by atoms with Crippen LogP contribution in [0.4, 0.5) is 0 Å². The summed E-state index contributed by atoms with van der Waals surface area (Å²) in [5.74, 6) is -1.12. The van der Waals surface area contributed by atoms with E-state index in [1.165, 1.54) is 12.3 Å². The predicted molar refractivity (Wildman–Crippen MR) is 71.7 cm³/mol. The molecule has 0 radical (unpaired) electrons. The molecule has 1 N–H and O–H groups in total. The van der Waals surface area contributed by atoms with Gasteiger partial charge in [0.15, 0.2) is 0 Å². The minimum atomic E-state index is -1.12. The van der Waals surface area contributed by atoms with Gasteiger partial charge in [-0.25, -0.2) is 9.78 Å². The number of hydrogen-bond donors (Lipinski definition) is 1. The van der Waals surface area contributed by atoms with Gasteiger partial charge in [-0.1, -0.05) is 40.9 Å². The number of halogens is 3. The zero-order valence-corrected chi connectivity index (χ0v) is 11.1. The van der Waals surface area contributed by atoms with E-state index in [1.807, 2.05) is 0 Å². The van der Waals surface area contributed by atoms with Gasteiger partial charge in [0, 0.05) is 17.3 Å². The van der Waals surface area contributed by atoms with Gasteiger partial charge in [-0.05, 0) is 18.2 Å². The number of rotatable bonds is 2. The van der Waals surface area contributed by atoms with E-state index < -0.39 is 5.97 Å². The number of nitrogens with zero attached hydrogens (tertiary/aromatic N) is 1. The molecule has 0 bridgehead atoms. The number of aromatic carboxylic acids is 1. The third-order valence-electron chi connectivity index (χ3n) is 2.35. The number of benzene rings is 1. The van der Waals surface area contributed by atoms with Gasteiger partial charge in [0.05, 0.1) is 15.6 Å². The molecular formula is C12H6Cl3NO2. The summed E-state index contributed by atoms with van der Waals surface area (Å²) < 4.78 is 0. The molecule has 3 nitrogen and oxygen atoms in total. The zero-order chi connectivity index (χ0) is 13.3. The van der Waals surface area contributed by atoms with E-state index in [9.17, 15) is 4.79 Å². The molecule has 92 valence electrons. The minimum Gasteiger partial charge on any atom is -0.478 e. The normalized spacial score (nSPS) is 10.4. The monoisotopic (exact) mass is 301 g/mol. The molecule has 0 spiro atoms. The molecule has 1 aromatic heterocycles. The van der Waals surface area contributed by atoms with Crippen LogP contribution in [0, 0.1) is 0 Å². The zero-order valence-electron chi connectivity index (χ0n) is 8.82. The van der Waals surface area contributed by atoms with Gasteiger partial charge >= 0.3 is 5.97 Å². The van der Waals surface area contributed by atoms with Crippen molar-refractivity contribution in [2.75, 3.05) is 0 Å². The van der Waals surface area contributed by atoms with E-state index in [2.05, 4.69) is 4.98 Å². The van der Waals surface area contributed by atoms with Crippen LogP contribution in [-0.4, -0.2) is 16.1 Å². The molecule has 2 aromatic rings. The van der Waals surface area contributed by atoms with Crippen LogP contribution in [-0.2, 0) is 0 Å². The number of hydrogen-bond acceptors (Lipinski definition) is 2. The molecule has 0 saturated heterocycles. The lowest BCUT2D eigenvalue weighted by molar-refractivity contribution is 0.0697. The smallest absolute Gasteiger partial charge is 0.336 e.